The van der Waals surface area contributed by atoms with Gasteiger partial charge in [0.25, 0.3) is 0 Å². The maximum absolute atomic E-state index is 8.71. The summed E-state index contributed by atoms with van der Waals surface area (Å²) in [6.07, 6.45) is 0.861. The average Bonchev–Trinajstić information content (AvgIpc) is 2.62. The van der Waals surface area contributed by atoms with Gasteiger partial charge in [-0.25, -0.2) is 0 Å². The van der Waals surface area contributed by atoms with Gasteiger partial charge in [0.1, 0.15) is 0 Å². The minimum absolute atomic E-state index is 0.699. The summed E-state index contributed by atoms with van der Waals surface area (Å²) in [5.74, 6) is 0. The van der Waals surface area contributed by atoms with Crippen molar-refractivity contribution in [2.24, 2.45) is 0 Å². The molecule has 2 aromatic rings. The van der Waals surface area contributed by atoms with Crippen LogP contribution in [0.3, 0.4) is 0 Å². The number of nitriles is 1. The van der Waals surface area contributed by atoms with Crippen LogP contribution in [0.5, 0.6) is 0 Å². The molecule has 0 atom stereocenters. The van der Waals surface area contributed by atoms with Gasteiger partial charge < -0.3 is 0 Å². The van der Waals surface area contributed by atoms with Crippen LogP contribution in [-0.2, 0) is 6.42 Å². The van der Waals surface area contributed by atoms with Gasteiger partial charge in [0.05, 0.1) is 17.3 Å². The first-order chi connectivity index (χ1) is 7.70. The van der Waals surface area contributed by atoms with E-state index in [2.05, 4.69) is 16.3 Å². The van der Waals surface area contributed by atoms with Crippen molar-refractivity contribution in [3.63, 3.8) is 0 Å². The smallest absolute Gasteiger partial charge is 0.0991 e. The summed E-state index contributed by atoms with van der Waals surface area (Å²) in [7, 11) is 0. The lowest BCUT2D eigenvalue weighted by molar-refractivity contribution is 1.02. The molecule has 16 heavy (non-hydrogen) atoms. The lowest BCUT2D eigenvalue weighted by Gasteiger charge is -2.01. The van der Waals surface area contributed by atoms with Gasteiger partial charge in [0, 0.05) is 17.7 Å². The molecule has 0 aliphatic heterocycles. The van der Waals surface area contributed by atoms with Gasteiger partial charge in [0.15, 0.2) is 0 Å². The Kier molecular flexibility index (Phi) is 2.74. The molecular formula is C13H13N3. The maximum atomic E-state index is 8.71. The summed E-state index contributed by atoms with van der Waals surface area (Å²) in [6, 6.07) is 9.79. The zero-order valence-electron chi connectivity index (χ0n) is 9.41. The molecule has 1 N–H and O–H groups in total. The topological polar surface area (TPSA) is 52.5 Å². The van der Waals surface area contributed by atoms with Crippen LogP contribution in [-0.4, -0.2) is 10.2 Å². The fraction of sp³-hybridized carbons (Fsp3) is 0.231. The van der Waals surface area contributed by atoms with Crippen molar-refractivity contribution in [2.45, 2.75) is 20.3 Å². The van der Waals surface area contributed by atoms with Crippen LogP contribution < -0.4 is 0 Å². The number of nitrogens with one attached hydrogen (secondary N) is 1. The van der Waals surface area contributed by atoms with Crippen LogP contribution in [0.25, 0.3) is 0 Å². The number of aromatic amines is 1. The second-order valence-corrected chi connectivity index (χ2v) is 3.90. The second-order valence-electron chi connectivity index (χ2n) is 3.90. The van der Waals surface area contributed by atoms with Crippen molar-refractivity contribution >= 4 is 0 Å². The first-order valence-corrected chi connectivity index (χ1v) is 5.20. The van der Waals surface area contributed by atoms with E-state index in [1.54, 1.807) is 0 Å². The van der Waals surface area contributed by atoms with E-state index in [0.29, 0.717) is 5.56 Å². The summed E-state index contributed by atoms with van der Waals surface area (Å²) in [4.78, 5) is 0. The average molecular weight is 211 g/mol. The number of hydrogen-bond donors (Lipinski definition) is 1. The van der Waals surface area contributed by atoms with Crippen LogP contribution in [0.4, 0.5) is 0 Å². The van der Waals surface area contributed by atoms with Gasteiger partial charge in [-0.2, -0.15) is 10.4 Å². The molecule has 80 valence electrons. The Bertz CT molecular complexity index is 510. The fourth-order valence-electron chi connectivity index (χ4n) is 1.74. The number of aryl methyl sites for hydroxylation is 2. The van der Waals surface area contributed by atoms with Gasteiger partial charge in [-0.05, 0) is 31.5 Å². The van der Waals surface area contributed by atoms with Crippen molar-refractivity contribution in [1.29, 1.82) is 5.26 Å². The molecule has 0 radical (unpaired) electrons. The Morgan fingerprint density at radius 3 is 2.44 bits per heavy atom. The van der Waals surface area contributed by atoms with E-state index in [-0.39, 0.29) is 0 Å². The molecule has 0 saturated carbocycles. The van der Waals surface area contributed by atoms with Crippen molar-refractivity contribution in [2.75, 3.05) is 0 Å². The molecule has 1 heterocycles. The highest BCUT2D eigenvalue weighted by molar-refractivity contribution is 5.35. The molecule has 0 aliphatic rings. The Hall–Kier alpha value is -2.08. The first kappa shape index (κ1) is 10.4. The van der Waals surface area contributed by atoms with E-state index in [4.69, 9.17) is 5.26 Å². The predicted molar refractivity (Wildman–Crippen MR) is 62.0 cm³/mol. The quantitative estimate of drug-likeness (QED) is 0.829. The van der Waals surface area contributed by atoms with E-state index < -0.39 is 0 Å². The molecule has 2 rings (SSSR count). The van der Waals surface area contributed by atoms with Crippen molar-refractivity contribution < 1.29 is 0 Å². The zero-order valence-corrected chi connectivity index (χ0v) is 9.41. The van der Waals surface area contributed by atoms with E-state index in [1.165, 1.54) is 11.1 Å². The number of H-pyrrole nitrogens is 1. The highest BCUT2D eigenvalue weighted by atomic mass is 15.1. The number of nitrogens with zero attached hydrogens (tertiary/aromatic N) is 2. The van der Waals surface area contributed by atoms with Gasteiger partial charge in [-0.1, -0.05) is 12.1 Å². The van der Waals surface area contributed by atoms with E-state index >= 15 is 0 Å². The molecule has 0 amide bonds. The lowest BCUT2D eigenvalue weighted by atomic mass is 10.0. The maximum Gasteiger partial charge on any atom is 0.0991 e. The molecule has 0 bridgehead atoms. The van der Waals surface area contributed by atoms with E-state index in [1.807, 2.05) is 38.1 Å². The highest BCUT2D eigenvalue weighted by Gasteiger charge is 2.06. The molecule has 3 heteroatoms. The second kappa shape index (κ2) is 4.19. The van der Waals surface area contributed by atoms with Crippen LogP contribution in [0.2, 0.25) is 0 Å². The fourth-order valence-corrected chi connectivity index (χ4v) is 1.74. The van der Waals surface area contributed by atoms with Crippen LogP contribution in [0.15, 0.2) is 24.3 Å². The molecule has 1 aromatic carbocycles. The normalized spacial score (nSPS) is 10.1. The van der Waals surface area contributed by atoms with Crippen LogP contribution in [0, 0.1) is 25.2 Å². The molecule has 0 fully saturated rings. The van der Waals surface area contributed by atoms with Crippen LogP contribution in [0.1, 0.15) is 28.1 Å². The minimum atomic E-state index is 0.699. The lowest BCUT2D eigenvalue weighted by Crippen LogP contribution is -1.91. The Morgan fingerprint density at radius 2 is 1.94 bits per heavy atom. The Morgan fingerprint density at radius 1 is 1.25 bits per heavy atom. The number of rotatable bonds is 2. The third-order valence-corrected chi connectivity index (χ3v) is 2.74. The minimum Gasteiger partial charge on any atom is -0.282 e. The summed E-state index contributed by atoms with van der Waals surface area (Å²) in [6.45, 7) is 4.03. The van der Waals surface area contributed by atoms with Gasteiger partial charge in [-0.15, -0.1) is 0 Å². The number of aromatic nitrogens is 2. The number of hydrogen-bond acceptors (Lipinski definition) is 2. The summed E-state index contributed by atoms with van der Waals surface area (Å²) in [5.41, 5.74) is 5.30. The molecule has 0 aliphatic carbocycles. The molecule has 0 spiro atoms. The predicted octanol–water partition coefficient (Wildman–Crippen LogP) is 2.49. The largest absolute Gasteiger partial charge is 0.282 e. The summed E-state index contributed by atoms with van der Waals surface area (Å²) in [5, 5.41) is 15.9. The Balaban J connectivity index is 2.25. The van der Waals surface area contributed by atoms with Crippen molar-refractivity contribution in [3.8, 4) is 6.07 Å². The summed E-state index contributed by atoms with van der Waals surface area (Å²) < 4.78 is 0. The van der Waals surface area contributed by atoms with E-state index in [0.717, 1.165) is 17.8 Å². The molecule has 3 nitrogen and oxygen atoms in total. The highest BCUT2D eigenvalue weighted by Crippen LogP contribution is 2.15. The third-order valence-electron chi connectivity index (χ3n) is 2.74. The standard InChI is InChI=1S/C13H13N3/c1-9-13(10(2)16-15-9)7-11-3-5-12(8-14)6-4-11/h3-6H,7H2,1-2H3,(H,15,16). The van der Waals surface area contributed by atoms with Gasteiger partial charge in [-0.3, -0.25) is 5.10 Å². The zero-order chi connectivity index (χ0) is 11.5. The van der Waals surface area contributed by atoms with Crippen molar-refractivity contribution in [3.05, 3.63) is 52.3 Å². The monoisotopic (exact) mass is 211 g/mol. The number of benzene rings is 1. The van der Waals surface area contributed by atoms with Crippen molar-refractivity contribution in [1.82, 2.24) is 10.2 Å². The van der Waals surface area contributed by atoms with Crippen LogP contribution >= 0.6 is 0 Å². The first-order valence-electron chi connectivity index (χ1n) is 5.20. The molecule has 0 saturated heterocycles. The third kappa shape index (κ3) is 1.96. The Labute approximate surface area is 94.7 Å². The molecular weight excluding hydrogens is 198 g/mol. The van der Waals surface area contributed by atoms with Gasteiger partial charge >= 0.3 is 0 Å². The summed E-state index contributed by atoms with van der Waals surface area (Å²) >= 11 is 0. The van der Waals surface area contributed by atoms with Gasteiger partial charge in [0.2, 0.25) is 0 Å². The molecule has 1 aromatic heterocycles. The molecule has 0 unspecified atom stereocenters. The SMILES string of the molecule is Cc1n[nH]c(C)c1Cc1ccc(C#N)cc1. The van der Waals surface area contributed by atoms with E-state index in [9.17, 15) is 0 Å².